The normalized spacial score (nSPS) is 11.5. The maximum absolute atomic E-state index is 11.9. The van der Waals surface area contributed by atoms with Gasteiger partial charge in [-0.3, -0.25) is 14.8 Å². The number of ether oxygens (including phenoxy) is 1. The quantitative estimate of drug-likeness (QED) is 0.841. The van der Waals surface area contributed by atoms with Crippen LogP contribution in [0.1, 0.15) is 27.6 Å². The summed E-state index contributed by atoms with van der Waals surface area (Å²) >= 11 is 0. The van der Waals surface area contributed by atoms with Crippen LogP contribution in [-0.4, -0.2) is 34.5 Å². The van der Waals surface area contributed by atoms with Crippen molar-refractivity contribution in [2.75, 3.05) is 6.61 Å². The molecule has 1 N–H and O–H groups in total. The van der Waals surface area contributed by atoms with Crippen molar-refractivity contribution in [3.05, 3.63) is 60.2 Å². The van der Waals surface area contributed by atoms with Gasteiger partial charge in [0.15, 0.2) is 0 Å². The number of esters is 1. The number of nitrogens with one attached hydrogen (secondary N) is 1. The zero-order valence-corrected chi connectivity index (χ0v) is 11.5. The first-order chi connectivity index (χ1) is 10.2. The molecule has 1 atom stereocenters. The summed E-state index contributed by atoms with van der Waals surface area (Å²) in [4.78, 5) is 31.3. The number of nitrogens with zero attached hydrogens (tertiary/aromatic N) is 2. The molecule has 2 aromatic heterocycles. The lowest BCUT2D eigenvalue weighted by Crippen LogP contribution is -2.36. The van der Waals surface area contributed by atoms with E-state index in [0.29, 0.717) is 11.1 Å². The lowest BCUT2D eigenvalue weighted by Gasteiger charge is -2.14. The van der Waals surface area contributed by atoms with Crippen molar-refractivity contribution in [1.82, 2.24) is 15.3 Å². The summed E-state index contributed by atoms with van der Waals surface area (Å²) < 4.78 is 5.12. The Morgan fingerprint density at radius 2 is 1.76 bits per heavy atom. The van der Waals surface area contributed by atoms with Crippen LogP contribution in [0.25, 0.3) is 0 Å². The number of aromatic nitrogens is 2. The zero-order chi connectivity index (χ0) is 15.1. The van der Waals surface area contributed by atoms with E-state index >= 15 is 0 Å². The molecular formula is C15H15N3O3. The van der Waals surface area contributed by atoms with Gasteiger partial charge in [0.05, 0.1) is 17.2 Å². The van der Waals surface area contributed by atoms with Gasteiger partial charge in [-0.2, -0.15) is 0 Å². The first-order valence-electron chi connectivity index (χ1n) is 6.45. The van der Waals surface area contributed by atoms with Crippen LogP contribution in [0.5, 0.6) is 0 Å². The SMILES string of the molecule is C[C@H](COC(=O)c1cccnc1)NC(=O)c1cccnc1. The predicted octanol–water partition coefficient (Wildman–Crippen LogP) is 1.45. The highest BCUT2D eigenvalue weighted by atomic mass is 16.5. The van der Waals surface area contributed by atoms with Gasteiger partial charge in [-0.1, -0.05) is 0 Å². The van der Waals surface area contributed by atoms with Gasteiger partial charge < -0.3 is 10.1 Å². The Labute approximate surface area is 122 Å². The van der Waals surface area contributed by atoms with E-state index in [1.807, 2.05) is 0 Å². The van der Waals surface area contributed by atoms with Gasteiger partial charge in [0.25, 0.3) is 5.91 Å². The molecule has 0 bridgehead atoms. The summed E-state index contributed by atoms with van der Waals surface area (Å²) in [6, 6.07) is 6.32. The number of hydrogen-bond acceptors (Lipinski definition) is 5. The molecule has 6 heteroatoms. The van der Waals surface area contributed by atoms with Crippen molar-refractivity contribution in [3.63, 3.8) is 0 Å². The van der Waals surface area contributed by atoms with Crippen molar-refractivity contribution in [3.8, 4) is 0 Å². The second-order valence-corrected chi connectivity index (χ2v) is 4.46. The van der Waals surface area contributed by atoms with Gasteiger partial charge in [-0.05, 0) is 31.2 Å². The number of hydrogen-bond donors (Lipinski definition) is 1. The molecule has 21 heavy (non-hydrogen) atoms. The summed E-state index contributed by atoms with van der Waals surface area (Å²) in [6.45, 7) is 1.84. The number of carbonyl (C=O) groups is 2. The van der Waals surface area contributed by atoms with Crippen LogP contribution in [0.4, 0.5) is 0 Å². The van der Waals surface area contributed by atoms with Crippen LogP contribution in [0.2, 0.25) is 0 Å². The van der Waals surface area contributed by atoms with Gasteiger partial charge >= 0.3 is 5.97 Å². The Bertz CT molecular complexity index is 602. The molecule has 0 aliphatic carbocycles. The van der Waals surface area contributed by atoms with Gasteiger partial charge in [-0.15, -0.1) is 0 Å². The topological polar surface area (TPSA) is 81.2 Å². The molecule has 0 spiro atoms. The first-order valence-corrected chi connectivity index (χ1v) is 6.45. The van der Waals surface area contributed by atoms with Gasteiger partial charge in [0.2, 0.25) is 0 Å². The summed E-state index contributed by atoms with van der Waals surface area (Å²) in [5.74, 6) is -0.724. The minimum atomic E-state index is -0.467. The highest BCUT2D eigenvalue weighted by Crippen LogP contribution is 2.01. The molecule has 2 heterocycles. The summed E-state index contributed by atoms with van der Waals surface area (Å²) in [5.41, 5.74) is 0.839. The minimum Gasteiger partial charge on any atom is -0.460 e. The van der Waals surface area contributed by atoms with Crippen LogP contribution in [0.3, 0.4) is 0 Å². The van der Waals surface area contributed by atoms with E-state index in [2.05, 4.69) is 15.3 Å². The number of amides is 1. The monoisotopic (exact) mass is 285 g/mol. The van der Waals surface area contributed by atoms with Gasteiger partial charge in [-0.25, -0.2) is 4.79 Å². The lowest BCUT2D eigenvalue weighted by molar-refractivity contribution is 0.0464. The van der Waals surface area contributed by atoms with Crippen LogP contribution in [-0.2, 0) is 4.74 Å². The molecule has 108 valence electrons. The minimum absolute atomic E-state index is 0.0831. The second-order valence-electron chi connectivity index (χ2n) is 4.46. The molecule has 0 radical (unpaired) electrons. The van der Waals surface area contributed by atoms with Gasteiger partial charge in [0, 0.05) is 24.8 Å². The highest BCUT2D eigenvalue weighted by molar-refractivity contribution is 5.94. The fraction of sp³-hybridized carbons (Fsp3) is 0.200. The predicted molar refractivity (Wildman–Crippen MR) is 75.7 cm³/mol. The first kappa shape index (κ1) is 14.6. The second kappa shape index (κ2) is 7.14. The van der Waals surface area contributed by atoms with Crippen LogP contribution >= 0.6 is 0 Å². The largest absolute Gasteiger partial charge is 0.460 e. The number of carbonyl (C=O) groups excluding carboxylic acids is 2. The molecule has 2 aromatic rings. The fourth-order valence-corrected chi connectivity index (χ4v) is 1.61. The molecule has 0 aliphatic rings. The molecule has 0 aliphatic heterocycles. The number of rotatable bonds is 5. The van der Waals surface area contributed by atoms with E-state index in [0.717, 1.165) is 0 Å². The Hall–Kier alpha value is -2.76. The zero-order valence-electron chi connectivity index (χ0n) is 11.5. The number of pyridine rings is 2. The summed E-state index contributed by atoms with van der Waals surface area (Å²) in [5, 5.41) is 2.73. The van der Waals surface area contributed by atoms with Crippen LogP contribution in [0.15, 0.2) is 49.1 Å². The molecule has 0 unspecified atom stereocenters. The van der Waals surface area contributed by atoms with Crippen molar-refractivity contribution in [2.24, 2.45) is 0 Å². The van der Waals surface area contributed by atoms with Crippen molar-refractivity contribution < 1.29 is 14.3 Å². The summed E-state index contributed by atoms with van der Waals surface area (Å²) in [6.07, 6.45) is 6.08. The Balaban J connectivity index is 1.81. The highest BCUT2D eigenvalue weighted by Gasteiger charge is 2.13. The molecule has 6 nitrogen and oxygen atoms in total. The Kier molecular flexibility index (Phi) is 4.98. The molecule has 0 aromatic carbocycles. The van der Waals surface area contributed by atoms with Crippen molar-refractivity contribution in [2.45, 2.75) is 13.0 Å². The van der Waals surface area contributed by atoms with E-state index in [4.69, 9.17) is 4.74 Å². The van der Waals surface area contributed by atoms with E-state index < -0.39 is 5.97 Å². The maximum Gasteiger partial charge on any atom is 0.339 e. The average molecular weight is 285 g/mol. The Morgan fingerprint density at radius 3 is 2.33 bits per heavy atom. The molecule has 0 saturated heterocycles. The van der Waals surface area contributed by atoms with Crippen molar-refractivity contribution in [1.29, 1.82) is 0 Å². The molecule has 2 rings (SSSR count). The van der Waals surface area contributed by atoms with E-state index in [1.54, 1.807) is 43.6 Å². The lowest BCUT2D eigenvalue weighted by atomic mass is 10.2. The van der Waals surface area contributed by atoms with Crippen LogP contribution < -0.4 is 5.32 Å². The van der Waals surface area contributed by atoms with E-state index in [1.165, 1.54) is 12.4 Å². The van der Waals surface area contributed by atoms with Crippen LogP contribution in [0, 0.1) is 0 Å². The smallest absolute Gasteiger partial charge is 0.339 e. The Morgan fingerprint density at radius 1 is 1.14 bits per heavy atom. The average Bonchev–Trinajstić information content (AvgIpc) is 2.54. The molecule has 0 fully saturated rings. The molecular weight excluding hydrogens is 270 g/mol. The van der Waals surface area contributed by atoms with Gasteiger partial charge in [0.1, 0.15) is 6.61 Å². The summed E-state index contributed by atoms with van der Waals surface area (Å²) in [7, 11) is 0. The molecule has 1 amide bonds. The maximum atomic E-state index is 11.9. The fourth-order valence-electron chi connectivity index (χ4n) is 1.61. The van der Waals surface area contributed by atoms with E-state index in [9.17, 15) is 9.59 Å². The third kappa shape index (κ3) is 4.38. The third-order valence-corrected chi connectivity index (χ3v) is 2.66. The van der Waals surface area contributed by atoms with Crippen molar-refractivity contribution >= 4 is 11.9 Å². The standard InChI is InChI=1S/C15H15N3O3/c1-11(18-14(19)12-4-2-6-16-8-12)10-21-15(20)13-5-3-7-17-9-13/h2-9,11H,10H2,1H3,(H,18,19)/t11-/m1/s1. The molecule has 0 saturated carbocycles. The van der Waals surface area contributed by atoms with E-state index in [-0.39, 0.29) is 18.6 Å². The third-order valence-electron chi connectivity index (χ3n) is 2.66.